The largest absolute Gasteiger partial charge is 0.389 e. The van der Waals surface area contributed by atoms with E-state index in [0.29, 0.717) is 22.2 Å². The molecule has 1 aromatic carbocycles. The molecule has 0 aliphatic rings. The number of carbonyl (C=O) groups is 3. The molecule has 2 atom stereocenters. The number of amides is 3. The highest BCUT2D eigenvalue weighted by molar-refractivity contribution is 5.99. The van der Waals surface area contributed by atoms with E-state index >= 15 is 0 Å². The van der Waals surface area contributed by atoms with Crippen molar-refractivity contribution in [2.75, 3.05) is 10.6 Å². The van der Waals surface area contributed by atoms with Crippen molar-refractivity contribution in [3.63, 3.8) is 0 Å². The van der Waals surface area contributed by atoms with Crippen LogP contribution in [0, 0.1) is 6.92 Å². The fourth-order valence-corrected chi connectivity index (χ4v) is 2.86. The number of hydrogen-bond donors (Lipinski definition) is 5. The fourth-order valence-electron chi connectivity index (χ4n) is 2.86. The summed E-state index contributed by atoms with van der Waals surface area (Å²) in [6.07, 6.45) is -0.0859. The third-order valence-corrected chi connectivity index (χ3v) is 4.34. The highest BCUT2D eigenvalue weighted by Crippen LogP contribution is 2.21. The number of benzene rings is 1. The quantitative estimate of drug-likeness (QED) is 0.376. The van der Waals surface area contributed by atoms with Crippen LogP contribution in [0.15, 0.2) is 21.3 Å². The number of carbonyl (C=O) groups excluding carboxylic acids is 3. The summed E-state index contributed by atoms with van der Waals surface area (Å²) in [6, 6.07) is 1.33. The SMILES string of the molecule is Cc1cc(NC(=O)[C@H](CCC(N)=O)NC(=O)[C@H](C)N)cc2nc(NC(C)C)oc(=O)c12. The first-order valence-corrected chi connectivity index (χ1v) is 9.85. The first-order chi connectivity index (χ1) is 14.5. The normalized spacial score (nSPS) is 13.0. The van der Waals surface area contributed by atoms with Crippen molar-refractivity contribution in [3.05, 3.63) is 28.1 Å². The number of anilines is 2. The second-order valence-corrected chi connectivity index (χ2v) is 7.64. The van der Waals surface area contributed by atoms with Crippen LogP contribution in [-0.2, 0) is 14.4 Å². The number of nitrogens with one attached hydrogen (secondary N) is 3. The molecule has 0 unspecified atom stereocenters. The number of nitrogens with two attached hydrogens (primary N) is 2. The van der Waals surface area contributed by atoms with Gasteiger partial charge >= 0.3 is 5.63 Å². The van der Waals surface area contributed by atoms with E-state index < -0.39 is 35.4 Å². The van der Waals surface area contributed by atoms with Crippen molar-refractivity contribution in [2.45, 2.75) is 58.7 Å². The third kappa shape index (κ3) is 6.51. The molecule has 0 radical (unpaired) electrons. The summed E-state index contributed by atoms with van der Waals surface area (Å²) in [5.41, 5.74) is 11.4. The van der Waals surface area contributed by atoms with E-state index in [2.05, 4.69) is 20.9 Å². The number of nitrogens with zero attached hydrogens (tertiary/aromatic N) is 1. The zero-order chi connectivity index (χ0) is 23.3. The lowest BCUT2D eigenvalue weighted by molar-refractivity contribution is -0.127. The molecule has 0 bridgehead atoms. The molecule has 0 fully saturated rings. The first kappa shape index (κ1) is 23.8. The first-order valence-electron chi connectivity index (χ1n) is 9.85. The van der Waals surface area contributed by atoms with Crippen LogP contribution in [-0.4, -0.2) is 40.8 Å². The Balaban J connectivity index is 2.33. The topological polar surface area (TPSA) is 182 Å². The molecule has 0 spiro atoms. The van der Waals surface area contributed by atoms with E-state index in [1.807, 2.05) is 13.8 Å². The molecule has 0 saturated carbocycles. The molecule has 3 amide bonds. The van der Waals surface area contributed by atoms with Crippen molar-refractivity contribution < 1.29 is 18.8 Å². The highest BCUT2D eigenvalue weighted by Gasteiger charge is 2.23. The second kappa shape index (κ2) is 10.0. The number of fused-ring (bicyclic) bond motifs is 1. The summed E-state index contributed by atoms with van der Waals surface area (Å²) in [4.78, 5) is 52.5. The van der Waals surface area contributed by atoms with Crippen molar-refractivity contribution in [3.8, 4) is 0 Å². The number of aromatic nitrogens is 1. The molecular weight excluding hydrogens is 404 g/mol. The number of rotatable bonds is 9. The Hall–Kier alpha value is -3.47. The molecule has 0 aliphatic heterocycles. The van der Waals surface area contributed by atoms with Gasteiger partial charge in [-0.15, -0.1) is 0 Å². The Morgan fingerprint density at radius 2 is 1.84 bits per heavy atom. The summed E-state index contributed by atoms with van der Waals surface area (Å²) in [5, 5.41) is 8.41. The van der Waals surface area contributed by atoms with Crippen molar-refractivity contribution in [2.24, 2.45) is 11.5 Å². The second-order valence-electron chi connectivity index (χ2n) is 7.64. The van der Waals surface area contributed by atoms with E-state index in [9.17, 15) is 19.2 Å². The Morgan fingerprint density at radius 1 is 1.16 bits per heavy atom. The molecule has 31 heavy (non-hydrogen) atoms. The van der Waals surface area contributed by atoms with Gasteiger partial charge in [-0.3, -0.25) is 14.4 Å². The summed E-state index contributed by atoms with van der Waals surface area (Å²) >= 11 is 0. The van der Waals surface area contributed by atoms with Crippen LogP contribution < -0.4 is 33.0 Å². The van der Waals surface area contributed by atoms with Gasteiger partial charge in [-0.2, -0.15) is 4.98 Å². The van der Waals surface area contributed by atoms with E-state index in [1.54, 1.807) is 13.0 Å². The molecular formula is C20H28N6O5. The maximum absolute atomic E-state index is 12.8. The zero-order valence-electron chi connectivity index (χ0n) is 17.9. The lowest BCUT2D eigenvalue weighted by Crippen LogP contribution is -2.49. The standard InChI is InChI=1S/C20H28N6O5/c1-9(2)23-20-26-14-8-12(7-10(3)16(14)19(30)31-20)24-18(29)13(5-6-15(22)27)25-17(28)11(4)21/h7-9,11,13H,5-6,21H2,1-4H3,(H2,22,27)(H,23,26)(H,24,29)(H,25,28)/t11-,13-/m0/s1. The summed E-state index contributed by atoms with van der Waals surface area (Å²) in [6.45, 7) is 6.91. The zero-order valence-corrected chi connectivity index (χ0v) is 17.9. The van der Waals surface area contributed by atoms with E-state index in [-0.39, 0.29) is 24.9 Å². The predicted octanol–water partition coefficient (Wildman–Crippen LogP) is 0.353. The van der Waals surface area contributed by atoms with Gasteiger partial charge in [0.25, 0.3) is 6.01 Å². The molecule has 1 heterocycles. The van der Waals surface area contributed by atoms with Gasteiger partial charge in [-0.1, -0.05) is 0 Å². The summed E-state index contributed by atoms with van der Waals surface area (Å²) < 4.78 is 5.19. The number of primary amides is 1. The molecule has 0 saturated heterocycles. The molecule has 11 heteroatoms. The van der Waals surface area contributed by atoms with E-state index in [1.165, 1.54) is 13.0 Å². The fraction of sp³-hybridized carbons (Fsp3) is 0.450. The smallest absolute Gasteiger partial charge is 0.348 e. The average Bonchev–Trinajstić information content (AvgIpc) is 2.63. The van der Waals surface area contributed by atoms with E-state index in [4.69, 9.17) is 15.9 Å². The molecule has 2 aromatic rings. The summed E-state index contributed by atoms with van der Waals surface area (Å²) in [7, 11) is 0. The monoisotopic (exact) mass is 432 g/mol. The van der Waals surface area contributed by atoms with Crippen LogP contribution in [0.1, 0.15) is 39.2 Å². The van der Waals surface area contributed by atoms with Crippen molar-refractivity contribution in [1.29, 1.82) is 0 Å². The van der Waals surface area contributed by atoms with Crippen LogP contribution in [0.4, 0.5) is 11.7 Å². The van der Waals surface area contributed by atoms with Crippen LogP contribution >= 0.6 is 0 Å². The van der Waals surface area contributed by atoms with E-state index in [0.717, 1.165) is 0 Å². The van der Waals surface area contributed by atoms with Crippen LogP contribution in [0.5, 0.6) is 0 Å². The van der Waals surface area contributed by atoms with Gasteiger partial charge in [0.05, 0.1) is 16.9 Å². The predicted molar refractivity (Wildman–Crippen MR) is 116 cm³/mol. The number of hydrogen-bond acceptors (Lipinski definition) is 8. The van der Waals surface area contributed by atoms with Crippen molar-refractivity contribution >= 4 is 40.3 Å². The maximum atomic E-state index is 12.8. The van der Waals surface area contributed by atoms with Gasteiger partial charge in [-0.05, 0) is 51.8 Å². The van der Waals surface area contributed by atoms with Gasteiger partial charge in [0, 0.05) is 18.2 Å². The van der Waals surface area contributed by atoms with Gasteiger partial charge in [0.2, 0.25) is 17.7 Å². The molecule has 0 aliphatic carbocycles. The Morgan fingerprint density at radius 3 is 2.42 bits per heavy atom. The number of aryl methyl sites for hydroxylation is 1. The Kier molecular flexibility index (Phi) is 7.70. The van der Waals surface area contributed by atoms with Crippen LogP contribution in [0.2, 0.25) is 0 Å². The van der Waals surface area contributed by atoms with Gasteiger partial charge < -0.3 is 31.8 Å². The minimum absolute atomic E-state index is 0.00311. The molecule has 11 nitrogen and oxygen atoms in total. The lowest BCUT2D eigenvalue weighted by Gasteiger charge is -2.19. The van der Waals surface area contributed by atoms with Gasteiger partial charge in [-0.25, -0.2) is 4.79 Å². The lowest BCUT2D eigenvalue weighted by atomic mass is 10.1. The molecule has 1 aromatic heterocycles. The van der Waals surface area contributed by atoms with Gasteiger partial charge in [0.15, 0.2) is 0 Å². The Labute approximate surface area is 178 Å². The van der Waals surface area contributed by atoms with Crippen LogP contribution in [0.3, 0.4) is 0 Å². The molecule has 2 rings (SSSR count). The third-order valence-electron chi connectivity index (χ3n) is 4.34. The molecule has 7 N–H and O–H groups in total. The minimum atomic E-state index is -1.02. The van der Waals surface area contributed by atoms with Crippen molar-refractivity contribution in [1.82, 2.24) is 10.3 Å². The maximum Gasteiger partial charge on any atom is 0.348 e. The van der Waals surface area contributed by atoms with Gasteiger partial charge in [0.1, 0.15) is 6.04 Å². The molecule has 168 valence electrons. The highest BCUT2D eigenvalue weighted by atomic mass is 16.4. The average molecular weight is 432 g/mol. The minimum Gasteiger partial charge on any atom is -0.389 e. The Bertz CT molecular complexity index is 1050. The summed E-state index contributed by atoms with van der Waals surface area (Å²) in [5.74, 6) is -1.70. The van der Waals surface area contributed by atoms with Crippen LogP contribution in [0.25, 0.3) is 10.9 Å².